The first-order valence-electron chi connectivity index (χ1n) is 6.55. The summed E-state index contributed by atoms with van der Waals surface area (Å²) in [6.07, 6.45) is 0. The Morgan fingerprint density at radius 1 is 1.19 bits per heavy atom. The number of benzene rings is 2. The van der Waals surface area contributed by atoms with Gasteiger partial charge in [-0.3, -0.25) is 4.79 Å². The van der Waals surface area contributed by atoms with E-state index in [2.05, 4.69) is 26.6 Å². The van der Waals surface area contributed by atoms with E-state index >= 15 is 0 Å². The van der Waals surface area contributed by atoms with Crippen molar-refractivity contribution in [1.29, 1.82) is 0 Å². The molecule has 110 valence electrons. The SMILES string of the molecule is CNC(=O)c1ccc(NC(C)c2ccc(F)c(Br)c2)cc1. The van der Waals surface area contributed by atoms with Crippen molar-refractivity contribution in [2.75, 3.05) is 12.4 Å². The van der Waals surface area contributed by atoms with Crippen molar-refractivity contribution in [2.24, 2.45) is 0 Å². The highest BCUT2D eigenvalue weighted by Gasteiger charge is 2.09. The van der Waals surface area contributed by atoms with Crippen LogP contribution in [0.15, 0.2) is 46.9 Å². The number of rotatable bonds is 4. The lowest BCUT2D eigenvalue weighted by Crippen LogP contribution is -2.17. The predicted molar refractivity (Wildman–Crippen MR) is 86.0 cm³/mol. The third kappa shape index (κ3) is 3.82. The van der Waals surface area contributed by atoms with E-state index in [9.17, 15) is 9.18 Å². The van der Waals surface area contributed by atoms with E-state index in [-0.39, 0.29) is 17.8 Å². The van der Waals surface area contributed by atoms with E-state index in [4.69, 9.17) is 0 Å². The lowest BCUT2D eigenvalue weighted by Gasteiger charge is -2.16. The summed E-state index contributed by atoms with van der Waals surface area (Å²) in [5, 5.41) is 5.89. The summed E-state index contributed by atoms with van der Waals surface area (Å²) in [4.78, 5) is 11.5. The Morgan fingerprint density at radius 3 is 2.43 bits per heavy atom. The fourth-order valence-electron chi connectivity index (χ4n) is 1.98. The first-order valence-corrected chi connectivity index (χ1v) is 7.34. The van der Waals surface area contributed by atoms with Gasteiger partial charge < -0.3 is 10.6 Å². The van der Waals surface area contributed by atoms with Crippen LogP contribution in [-0.4, -0.2) is 13.0 Å². The Kier molecular flexibility index (Phi) is 4.96. The van der Waals surface area contributed by atoms with Gasteiger partial charge in [-0.15, -0.1) is 0 Å². The van der Waals surface area contributed by atoms with Gasteiger partial charge in [0.25, 0.3) is 5.91 Å². The highest BCUT2D eigenvalue weighted by atomic mass is 79.9. The number of carbonyl (C=O) groups excluding carboxylic acids is 1. The smallest absolute Gasteiger partial charge is 0.251 e. The van der Waals surface area contributed by atoms with Gasteiger partial charge in [0, 0.05) is 24.3 Å². The van der Waals surface area contributed by atoms with E-state index in [1.54, 1.807) is 31.3 Å². The molecule has 0 aliphatic rings. The average molecular weight is 351 g/mol. The number of carbonyl (C=O) groups is 1. The molecule has 2 N–H and O–H groups in total. The summed E-state index contributed by atoms with van der Waals surface area (Å²) in [6.45, 7) is 1.99. The Balaban J connectivity index is 2.10. The third-order valence-corrected chi connectivity index (χ3v) is 3.81. The van der Waals surface area contributed by atoms with Crippen molar-refractivity contribution in [1.82, 2.24) is 5.32 Å². The molecule has 0 aliphatic heterocycles. The molecule has 1 unspecified atom stereocenters. The van der Waals surface area contributed by atoms with Crippen molar-refractivity contribution in [2.45, 2.75) is 13.0 Å². The summed E-state index contributed by atoms with van der Waals surface area (Å²) in [5.74, 6) is -0.391. The zero-order valence-corrected chi connectivity index (χ0v) is 13.4. The van der Waals surface area contributed by atoms with Gasteiger partial charge in [-0.25, -0.2) is 4.39 Å². The third-order valence-electron chi connectivity index (χ3n) is 3.20. The fourth-order valence-corrected chi connectivity index (χ4v) is 2.37. The molecule has 0 saturated heterocycles. The highest BCUT2D eigenvalue weighted by molar-refractivity contribution is 9.10. The van der Waals surface area contributed by atoms with Gasteiger partial charge in [-0.05, 0) is 64.8 Å². The number of hydrogen-bond acceptors (Lipinski definition) is 2. The average Bonchev–Trinajstić information content (AvgIpc) is 2.50. The standard InChI is InChI=1S/C16H16BrFN2O/c1-10(12-5-8-15(18)14(17)9-12)20-13-6-3-11(4-7-13)16(21)19-2/h3-10,20H,1-2H3,(H,19,21). The Hall–Kier alpha value is -1.88. The molecule has 0 bridgehead atoms. The molecule has 2 aromatic carbocycles. The molecule has 0 heterocycles. The van der Waals surface area contributed by atoms with Crippen LogP contribution in [0.3, 0.4) is 0 Å². The van der Waals surface area contributed by atoms with Crippen molar-refractivity contribution >= 4 is 27.5 Å². The van der Waals surface area contributed by atoms with E-state index in [0.29, 0.717) is 10.0 Å². The first kappa shape index (κ1) is 15.5. The number of hydrogen-bond donors (Lipinski definition) is 2. The van der Waals surface area contributed by atoms with Gasteiger partial charge in [-0.1, -0.05) is 6.07 Å². The minimum absolute atomic E-state index is 0.0211. The molecule has 5 heteroatoms. The molecule has 21 heavy (non-hydrogen) atoms. The lowest BCUT2D eigenvalue weighted by atomic mass is 10.1. The van der Waals surface area contributed by atoms with Crippen molar-refractivity contribution in [3.63, 3.8) is 0 Å². The fraction of sp³-hybridized carbons (Fsp3) is 0.188. The van der Waals surface area contributed by atoms with Crippen LogP contribution in [0.5, 0.6) is 0 Å². The molecule has 0 radical (unpaired) electrons. The zero-order valence-electron chi connectivity index (χ0n) is 11.8. The Morgan fingerprint density at radius 2 is 1.86 bits per heavy atom. The molecule has 0 saturated carbocycles. The van der Waals surface area contributed by atoms with E-state index in [1.807, 2.05) is 19.1 Å². The topological polar surface area (TPSA) is 41.1 Å². The van der Waals surface area contributed by atoms with Crippen LogP contribution in [0.1, 0.15) is 28.9 Å². The van der Waals surface area contributed by atoms with Gasteiger partial charge >= 0.3 is 0 Å². The maximum absolute atomic E-state index is 13.2. The number of halogens is 2. The van der Waals surface area contributed by atoms with Crippen LogP contribution < -0.4 is 10.6 Å². The molecule has 0 aliphatic carbocycles. The van der Waals surface area contributed by atoms with Crippen molar-refractivity contribution in [3.8, 4) is 0 Å². The van der Waals surface area contributed by atoms with Crippen molar-refractivity contribution in [3.05, 3.63) is 63.9 Å². The number of anilines is 1. The molecular formula is C16H16BrFN2O. The van der Waals surface area contributed by atoms with Crippen LogP contribution >= 0.6 is 15.9 Å². The molecule has 0 spiro atoms. The van der Waals surface area contributed by atoms with Gasteiger partial charge in [0.1, 0.15) is 5.82 Å². The molecule has 0 aromatic heterocycles. The summed E-state index contributed by atoms with van der Waals surface area (Å²) >= 11 is 3.19. The quantitative estimate of drug-likeness (QED) is 0.870. The van der Waals surface area contributed by atoms with Crippen LogP contribution in [0.25, 0.3) is 0 Å². The number of nitrogens with one attached hydrogen (secondary N) is 2. The Labute approximate surface area is 131 Å². The van der Waals surface area contributed by atoms with Gasteiger partial charge in [-0.2, -0.15) is 0 Å². The second kappa shape index (κ2) is 6.72. The Bertz CT molecular complexity index is 643. The van der Waals surface area contributed by atoms with E-state index < -0.39 is 0 Å². The van der Waals surface area contributed by atoms with Crippen LogP contribution in [0, 0.1) is 5.82 Å². The maximum atomic E-state index is 13.2. The van der Waals surface area contributed by atoms with Gasteiger partial charge in [0.15, 0.2) is 0 Å². The zero-order chi connectivity index (χ0) is 15.4. The lowest BCUT2D eigenvalue weighted by molar-refractivity contribution is 0.0963. The number of amides is 1. The second-order valence-corrected chi connectivity index (χ2v) is 5.55. The van der Waals surface area contributed by atoms with Crippen LogP contribution in [0.4, 0.5) is 10.1 Å². The van der Waals surface area contributed by atoms with Gasteiger partial charge in [0.05, 0.1) is 4.47 Å². The normalized spacial score (nSPS) is 11.8. The molecule has 2 rings (SSSR count). The van der Waals surface area contributed by atoms with Crippen LogP contribution in [-0.2, 0) is 0 Å². The molecule has 0 fully saturated rings. The van der Waals surface area contributed by atoms with Gasteiger partial charge in [0.2, 0.25) is 0 Å². The molecule has 1 atom stereocenters. The molecular weight excluding hydrogens is 335 g/mol. The second-order valence-electron chi connectivity index (χ2n) is 4.70. The van der Waals surface area contributed by atoms with Crippen LogP contribution in [0.2, 0.25) is 0 Å². The minimum Gasteiger partial charge on any atom is -0.379 e. The summed E-state index contributed by atoms with van der Waals surface area (Å²) in [7, 11) is 1.60. The molecule has 2 aromatic rings. The minimum atomic E-state index is -0.277. The van der Waals surface area contributed by atoms with E-state index in [1.165, 1.54) is 6.07 Å². The highest BCUT2D eigenvalue weighted by Crippen LogP contribution is 2.24. The molecule has 1 amide bonds. The maximum Gasteiger partial charge on any atom is 0.251 e. The predicted octanol–water partition coefficient (Wildman–Crippen LogP) is 4.12. The summed E-state index contributed by atoms with van der Waals surface area (Å²) in [5.41, 5.74) is 2.48. The van der Waals surface area contributed by atoms with E-state index in [0.717, 1.165) is 11.3 Å². The summed E-state index contributed by atoms with van der Waals surface area (Å²) in [6, 6.07) is 12.2. The van der Waals surface area contributed by atoms with Crippen molar-refractivity contribution < 1.29 is 9.18 Å². The summed E-state index contributed by atoms with van der Waals surface area (Å²) < 4.78 is 13.7. The largest absolute Gasteiger partial charge is 0.379 e. The molecule has 3 nitrogen and oxygen atoms in total. The monoisotopic (exact) mass is 350 g/mol. The first-order chi connectivity index (χ1) is 10.0.